The number of rotatable bonds is 3. The van der Waals surface area contributed by atoms with Crippen LogP contribution in [0.5, 0.6) is 0 Å². The Morgan fingerprint density at radius 1 is 1.55 bits per heavy atom. The topological polar surface area (TPSA) is 35.2 Å². The normalized spacial score (nSPS) is 23.5. The summed E-state index contributed by atoms with van der Waals surface area (Å²) in [5.74, 6) is 7.13. The molecular weight excluding hydrogens is 165 g/mol. The van der Waals surface area contributed by atoms with Gasteiger partial charge in [-0.05, 0) is 30.3 Å². The van der Waals surface area contributed by atoms with Gasteiger partial charge in [0.2, 0.25) is 0 Å². The van der Waals surface area contributed by atoms with Crippen molar-refractivity contribution in [3.63, 3.8) is 0 Å². The predicted octanol–water partition coefficient (Wildman–Crippen LogP) is 1.36. The molecule has 0 spiro atoms. The van der Waals surface area contributed by atoms with Crippen LogP contribution in [0.25, 0.3) is 0 Å². The van der Waals surface area contributed by atoms with Crippen LogP contribution < -0.4 is 5.90 Å². The van der Waals surface area contributed by atoms with Crippen molar-refractivity contribution in [1.82, 2.24) is 0 Å². The molecule has 4 heteroatoms. The van der Waals surface area contributed by atoms with E-state index in [1.807, 2.05) is 11.8 Å². The van der Waals surface area contributed by atoms with Gasteiger partial charge in [0.05, 0.1) is 6.61 Å². The Kier molecular flexibility index (Phi) is 4.18. The lowest BCUT2D eigenvalue weighted by Crippen LogP contribution is -2.26. The molecule has 0 aliphatic carbocycles. The van der Waals surface area contributed by atoms with E-state index in [0.717, 1.165) is 24.3 Å². The molecule has 1 saturated heterocycles. The number of alkyl halides is 1. The average molecular weight is 179 g/mol. The van der Waals surface area contributed by atoms with Crippen LogP contribution in [0.15, 0.2) is 0 Å². The lowest BCUT2D eigenvalue weighted by Gasteiger charge is -2.23. The van der Waals surface area contributed by atoms with E-state index >= 15 is 0 Å². The largest absolute Gasteiger partial charge is 0.302 e. The van der Waals surface area contributed by atoms with Crippen molar-refractivity contribution in [2.45, 2.75) is 19.0 Å². The second-order valence-corrected chi connectivity index (χ2v) is 4.02. The molecule has 0 saturated carbocycles. The number of halogens is 1. The van der Waals surface area contributed by atoms with Gasteiger partial charge < -0.3 is 4.84 Å². The minimum absolute atomic E-state index is 0.0509. The standard InChI is InChI=1S/C7H14FNOS/c8-7(5-10-9)6-1-3-11-4-2-6/h6-7H,1-5,9H2. The minimum Gasteiger partial charge on any atom is -0.302 e. The van der Waals surface area contributed by atoms with Gasteiger partial charge >= 0.3 is 0 Å². The summed E-state index contributed by atoms with van der Waals surface area (Å²) in [6.45, 7) is 0.0509. The van der Waals surface area contributed by atoms with Crippen molar-refractivity contribution < 1.29 is 9.23 Å². The van der Waals surface area contributed by atoms with Gasteiger partial charge in [-0.2, -0.15) is 11.8 Å². The summed E-state index contributed by atoms with van der Waals surface area (Å²) in [7, 11) is 0. The van der Waals surface area contributed by atoms with Gasteiger partial charge in [-0.15, -0.1) is 0 Å². The third-order valence-corrected chi connectivity index (χ3v) is 3.08. The Morgan fingerprint density at radius 3 is 2.73 bits per heavy atom. The van der Waals surface area contributed by atoms with E-state index in [0.29, 0.717) is 0 Å². The molecule has 1 heterocycles. The highest BCUT2D eigenvalue weighted by atomic mass is 32.2. The maximum atomic E-state index is 13.1. The van der Waals surface area contributed by atoms with Crippen LogP contribution in [0.4, 0.5) is 4.39 Å². The van der Waals surface area contributed by atoms with E-state index < -0.39 is 6.17 Å². The molecule has 0 aromatic heterocycles. The lowest BCUT2D eigenvalue weighted by molar-refractivity contribution is 0.0522. The molecule has 1 rings (SSSR count). The lowest BCUT2D eigenvalue weighted by atomic mass is 9.98. The molecule has 0 radical (unpaired) electrons. The summed E-state index contributed by atoms with van der Waals surface area (Å²) >= 11 is 1.90. The predicted molar refractivity (Wildman–Crippen MR) is 45.1 cm³/mol. The second kappa shape index (κ2) is 4.95. The van der Waals surface area contributed by atoms with Crippen LogP contribution >= 0.6 is 11.8 Å². The first kappa shape index (κ1) is 9.29. The molecule has 1 aliphatic rings. The van der Waals surface area contributed by atoms with Crippen LogP contribution in [-0.4, -0.2) is 24.3 Å². The van der Waals surface area contributed by atoms with Crippen molar-refractivity contribution in [3.05, 3.63) is 0 Å². The molecule has 66 valence electrons. The highest BCUT2D eigenvalue weighted by molar-refractivity contribution is 7.99. The molecule has 0 bridgehead atoms. The molecular formula is C7H14FNOS. The summed E-state index contributed by atoms with van der Waals surface area (Å²) in [6, 6.07) is 0. The van der Waals surface area contributed by atoms with Gasteiger partial charge in [0, 0.05) is 0 Å². The van der Waals surface area contributed by atoms with E-state index in [1.54, 1.807) is 0 Å². The van der Waals surface area contributed by atoms with Crippen molar-refractivity contribution in [2.24, 2.45) is 11.8 Å². The molecule has 1 unspecified atom stereocenters. The van der Waals surface area contributed by atoms with Crippen molar-refractivity contribution in [3.8, 4) is 0 Å². The maximum absolute atomic E-state index is 13.1. The van der Waals surface area contributed by atoms with Gasteiger partial charge in [-0.1, -0.05) is 0 Å². The summed E-state index contributed by atoms with van der Waals surface area (Å²) in [4.78, 5) is 4.28. The molecule has 2 nitrogen and oxygen atoms in total. The Morgan fingerprint density at radius 2 is 2.18 bits per heavy atom. The van der Waals surface area contributed by atoms with Crippen LogP contribution in [0.3, 0.4) is 0 Å². The first-order chi connectivity index (χ1) is 5.34. The minimum atomic E-state index is -0.860. The van der Waals surface area contributed by atoms with Gasteiger partial charge in [-0.3, -0.25) is 0 Å². The van der Waals surface area contributed by atoms with Crippen molar-refractivity contribution >= 4 is 11.8 Å². The highest BCUT2D eigenvalue weighted by Crippen LogP contribution is 2.26. The number of nitrogens with two attached hydrogens (primary N) is 1. The van der Waals surface area contributed by atoms with Gasteiger partial charge in [0.1, 0.15) is 6.17 Å². The Balaban J connectivity index is 2.21. The van der Waals surface area contributed by atoms with Crippen LogP contribution in [-0.2, 0) is 4.84 Å². The molecule has 0 aromatic rings. The highest BCUT2D eigenvalue weighted by Gasteiger charge is 2.23. The van der Waals surface area contributed by atoms with Crippen molar-refractivity contribution in [1.29, 1.82) is 0 Å². The van der Waals surface area contributed by atoms with E-state index in [4.69, 9.17) is 5.90 Å². The quantitative estimate of drug-likeness (QED) is 0.664. The fraction of sp³-hybridized carbons (Fsp3) is 1.00. The van der Waals surface area contributed by atoms with E-state index in [2.05, 4.69) is 4.84 Å². The zero-order valence-corrected chi connectivity index (χ0v) is 7.28. The first-order valence-corrected chi connectivity index (χ1v) is 5.03. The monoisotopic (exact) mass is 179 g/mol. The molecule has 0 amide bonds. The van der Waals surface area contributed by atoms with Crippen LogP contribution in [0.2, 0.25) is 0 Å². The Labute approximate surface area is 70.6 Å². The Bertz CT molecular complexity index is 109. The summed E-state index contributed by atoms with van der Waals surface area (Å²) in [5, 5.41) is 0. The summed E-state index contributed by atoms with van der Waals surface area (Å²) in [5.41, 5.74) is 0. The van der Waals surface area contributed by atoms with E-state index in [-0.39, 0.29) is 12.5 Å². The molecule has 1 aliphatic heterocycles. The second-order valence-electron chi connectivity index (χ2n) is 2.80. The van der Waals surface area contributed by atoms with Gasteiger partial charge in [0.25, 0.3) is 0 Å². The Hall–Kier alpha value is 0.200. The van der Waals surface area contributed by atoms with Crippen LogP contribution in [0.1, 0.15) is 12.8 Å². The third kappa shape index (κ3) is 2.97. The van der Waals surface area contributed by atoms with E-state index in [9.17, 15) is 4.39 Å². The van der Waals surface area contributed by atoms with E-state index in [1.165, 1.54) is 0 Å². The molecule has 11 heavy (non-hydrogen) atoms. The van der Waals surface area contributed by atoms with Gasteiger partial charge in [0.15, 0.2) is 0 Å². The molecule has 0 aromatic carbocycles. The average Bonchev–Trinajstić information content (AvgIpc) is 2.07. The van der Waals surface area contributed by atoms with Crippen molar-refractivity contribution in [2.75, 3.05) is 18.1 Å². The number of hydrogen-bond donors (Lipinski definition) is 1. The summed E-state index contributed by atoms with van der Waals surface area (Å²) < 4.78 is 13.1. The number of hydrogen-bond acceptors (Lipinski definition) is 3. The third-order valence-electron chi connectivity index (χ3n) is 2.03. The smallest absolute Gasteiger partial charge is 0.128 e. The fourth-order valence-corrected chi connectivity index (χ4v) is 2.45. The summed E-state index contributed by atoms with van der Waals surface area (Å²) in [6.07, 6.45) is 1.07. The molecule has 1 atom stereocenters. The zero-order valence-electron chi connectivity index (χ0n) is 6.46. The van der Waals surface area contributed by atoms with Crippen LogP contribution in [0, 0.1) is 5.92 Å². The first-order valence-electron chi connectivity index (χ1n) is 3.88. The van der Waals surface area contributed by atoms with Gasteiger partial charge in [-0.25, -0.2) is 10.3 Å². The molecule has 2 N–H and O–H groups in total. The zero-order chi connectivity index (χ0) is 8.10. The SMILES string of the molecule is NOCC(F)C1CCSCC1. The number of thioether (sulfide) groups is 1. The fourth-order valence-electron chi connectivity index (χ4n) is 1.31. The maximum Gasteiger partial charge on any atom is 0.128 e. The molecule has 1 fully saturated rings.